The van der Waals surface area contributed by atoms with Gasteiger partial charge in [0.25, 0.3) is 5.91 Å². The summed E-state index contributed by atoms with van der Waals surface area (Å²) in [5.41, 5.74) is 2.55. The number of benzene rings is 2. The maximum atomic E-state index is 12.9. The molecule has 0 aliphatic carbocycles. The Kier molecular flexibility index (Phi) is 5.93. The number of nitrogens with zero attached hydrogens (tertiary/aromatic N) is 2. The summed E-state index contributed by atoms with van der Waals surface area (Å²) in [5, 5.41) is 0.637. The normalized spacial score (nSPS) is 12.4. The van der Waals surface area contributed by atoms with Crippen LogP contribution in [0.5, 0.6) is 0 Å². The number of carbonyl (C=O) groups excluding carboxylic acids is 1. The predicted molar refractivity (Wildman–Crippen MR) is 112 cm³/mol. The molecule has 1 aromatic heterocycles. The van der Waals surface area contributed by atoms with Gasteiger partial charge in [0.2, 0.25) is 0 Å². The van der Waals surface area contributed by atoms with E-state index in [1.54, 1.807) is 54.7 Å². The second-order valence-corrected chi connectivity index (χ2v) is 8.93. The van der Waals surface area contributed by atoms with E-state index in [4.69, 9.17) is 11.6 Å². The molecule has 1 amide bonds. The molecule has 140 valence electrons. The van der Waals surface area contributed by atoms with Crippen molar-refractivity contribution in [2.45, 2.75) is 11.8 Å². The van der Waals surface area contributed by atoms with E-state index in [0.717, 1.165) is 11.1 Å². The zero-order chi connectivity index (χ0) is 20.1. The minimum atomic E-state index is -2.85. The van der Waals surface area contributed by atoms with Gasteiger partial charge in [-0.05, 0) is 55.0 Å². The lowest BCUT2D eigenvalue weighted by Gasteiger charge is -2.05. The molecule has 0 aliphatic heterocycles. The summed E-state index contributed by atoms with van der Waals surface area (Å²) in [6.45, 7) is 1.90. The van der Waals surface area contributed by atoms with Crippen molar-refractivity contribution in [2.24, 2.45) is 4.36 Å². The monoisotopic (exact) mass is 408 g/mol. The van der Waals surface area contributed by atoms with E-state index in [1.807, 2.05) is 13.0 Å². The second kappa shape index (κ2) is 8.39. The first-order valence-corrected chi connectivity index (χ1v) is 10.7. The maximum absolute atomic E-state index is 12.9. The molecule has 0 fully saturated rings. The van der Waals surface area contributed by atoms with Crippen molar-refractivity contribution in [2.75, 3.05) is 6.26 Å². The zero-order valence-corrected chi connectivity index (χ0v) is 16.9. The fourth-order valence-electron chi connectivity index (χ4n) is 2.42. The largest absolute Gasteiger partial charge is 0.286 e. The van der Waals surface area contributed by atoms with Crippen molar-refractivity contribution in [1.29, 1.82) is 0 Å². The van der Waals surface area contributed by atoms with Gasteiger partial charge in [-0.15, -0.1) is 0 Å². The van der Waals surface area contributed by atoms with Crippen LogP contribution in [0.25, 0.3) is 0 Å². The van der Waals surface area contributed by atoms with Crippen molar-refractivity contribution in [3.05, 3.63) is 94.3 Å². The Morgan fingerprint density at radius 2 is 1.75 bits per heavy atom. The molecule has 28 heavy (non-hydrogen) atoms. The van der Waals surface area contributed by atoms with E-state index in [1.165, 1.54) is 12.5 Å². The minimum absolute atomic E-state index is 0.241. The molecule has 0 bridgehead atoms. The van der Waals surface area contributed by atoms with E-state index in [-0.39, 0.29) is 5.56 Å². The average molecular weight is 409 g/mol. The molecule has 2 aromatic carbocycles. The summed E-state index contributed by atoms with van der Waals surface area (Å²) in [6.07, 6.45) is 4.41. The van der Waals surface area contributed by atoms with Crippen LogP contribution in [-0.4, -0.2) is 21.4 Å². The van der Waals surface area contributed by atoms with Crippen LogP contribution in [0.1, 0.15) is 27.0 Å². The van der Waals surface area contributed by atoms with Crippen LogP contribution in [0.2, 0.25) is 5.02 Å². The summed E-state index contributed by atoms with van der Waals surface area (Å²) in [4.78, 5) is 17.1. The van der Waals surface area contributed by atoms with Crippen LogP contribution >= 0.6 is 11.6 Å². The van der Waals surface area contributed by atoms with Crippen molar-refractivity contribution in [3.8, 4) is 11.8 Å². The van der Waals surface area contributed by atoms with Gasteiger partial charge < -0.3 is 0 Å². The molecule has 0 saturated heterocycles. The maximum Gasteiger partial charge on any atom is 0.286 e. The van der Waals surface area contributed by atoms with Gasteiger partial charge in [-0.25, -0.2) is 4.21 Å². The van der Waals surface area contributed by atoms with Crippen LogP contribution in [0.3, 0.4) is 0 Å². The highest BCUT2D eigenvalue weighted by molar-refractivity contribution is 7.93. The lowest BCUT2D eigenvalue weighted by atomic mass is 10.2. The fraction of sp³-hybridized carbons (Fsp3) is 0.0909. The molecule has 1 atom stereocenters. The summed E-state index contributed by atoms with van der Waals surface area (Å²) in [7, 11) is -2.85. The highest BCUT2D eigenvalue weighted by Gasteiger charge is 2.12. The van der Waals surface area contributed by atoms with Crippen molar-refractivity contribution < 1.29 is 9.00 Å². The zero-order valence-electron chi connectivity index (χ0n) is 15.3. The SMILES string of the molecule is Cc1cccc(S(C)(=O)=NC(=O)c2cncc(C#Cc3ccc(Cl)cc3)c2)c1. The molecule has 4 nitrogen and oxygen atoms in total. The van der Waals surface area contributed by atoms with E-state index < -0.39 is 15.6 Å². The number of pyridine rings is 1. The minimum Gasteiger partial charge on any atom is -0.266 e. The van der Waals surface area contributed by atoms with Gasteiger partial charge in [-0.2, -0.15) is 4.36 Å². The standard InChI is InChI=1S/C22H17ClN2O2S/c1-16-4-3-5-21(12-16)28(2,27)25-22(26)19-13-18(14-24-15-19)7-6-17-8-10-20(23)11-9-17/h3-5,8-15H,1-2H3. The number of amides is 1. The van der Waals surface area contributed by atoms with Gasteiger partial charge in [-0.3, -0.25) is 9.78 Å². The Labute approximate surface area is 169 Å². The molecule has 1 heterocycles. The average Bonchev–Trinajstić information content (AvgIpc) is 2.67. The van der Waals surface area contributed by atoms with E-state index in [0.29, 0.717) is 15.5 Å². The second-order valence-electron chi connectivity index (χ2n) is 6.23. The van der Waals surface area contributed by atoms with E-state index >= 15 is 0 Å². The number of rotatable bonds is 2. The fourth-order valence-corrected chi connectivity index (χ4v) is 3.81. The van der Waals surface area contributed by atoms with Gasteiger partial charge in [-0.1, -0.05) is 35.6 Å². The smallest absolute Gasteiger partial charge is 0.266 e. The molecular weight excluding hydrogens is 392 g/mol. The van der Waals surface area contributed by atoms with E-state index in [2.05, 4.69) is 21.2 Å². The number of halogens is 1. The predicted octanol–water partition coefficient (Wildman–Crippen LogP) is 4.74. The highest BCUT2D eigenvalue weighted by atomic mass is 35.5. The Morgan fingerprint density at radius 3 is 2.46 bits per heavy atom. The topological polar surface area (TPSA) is 59.4 Å². The van der Waals surface area contributed by atoms with Crippen molar-refractivity contribution in [3.63, 3.8) is 0 Å². The van der Waals surface area contributed by atoms with Gasteiger partial charge in [0.15, 0.2) is 0 Å². The third kappa shape index (κ3) is 5.07. The molecular formula is C22H17ClN2O2S. The summed E-state index contributed by atoms with van der Waals surface area (Å²) < 4.78 is 16.8. The lowest BCUT2D eigenvalue weighted by Crippen LogP contribution is -2.04. The van der Waals surface area contributed by atoms with Crippen molar-refractivity contribution >= 4 is 27.2 Å². The van der Waals surface area contributed by atoms with Gasteiger partial charge >= 0.3 is 0 Å². The molecule has 6 heteroatoms. The van der Waals surface area contributed by atoms with Crippen LogP contribution in [0.4, 0.5) is 0 Å². The van der Waals surface area contributed by atoms with Crippen LogP contribution in [0.15, 0.2) is 76.2 Å². The number of hydrogen-bond acceptors (Lipinski definition) is 3. The molecule has 0 radical (unpaired) electrons. The van der Waals surface area contributed by atoms with Gasteiger partial charge in [0.05, 0.1) is 15.3 Å². The molecule has 0 spiro atoms. The molecule has 3 aromatic rings. The van der Waals surface area contributed by atoms with Crippen LogP contribution in [0, 0.1) is 18.8 Å². The van der Waals surface area contributed by atoms with Gasteiger partial charge in [0.1, 0.15) is 0 Å². The van der Waals surface area contributed by atoms with Crippen molar-refractivity contribution in [1.82, 2.24) is 4.98 Å². The first-order chi connectivity index (χ1) is 13.3. The first kappa shape index (κ1) is 19.8. The summed E-state index contributed by atoms with van der Waals surface area (Å²) in [6, 6.07) is 15.9. The Hall–Kier alpha value is -2.94. The number of aromatic nitrogens is 1. The van der Waals surface area contributed by atoms with E-state index in [9.17, 15) is 9.00 Å². The third-order valence-corrected chi connectivity index (χ3v) is 5.76. The molecule has 1 unspecified atom stereocenters. The summed E-state index contributed by atoms with van der Waals surface area (Å²) >= 11 is 5.86. The Balaban J connectivity index is 1.88. The lowest BCUT2D eigenvalue weighted by molar-refractivity contribution is 0.100. The first-order valence-electron chi connectivity index (χ1n) is 8.39. The number of aryl methyl sites for hydroxylation is 1. The third-order valence-electron chi connectivity index (χ3n) is 3.86. The highest BCUT2D eigenvalue weighted by Crippen LogP contribution is 2.15. The van der Waals surface area contributed by atoms with Crippen LogP contribution in [-0.2, 0) is 9.73 Å². The Bertz CT molecular complexity index is 1220. The van der Waals surface area contributed by atoms with Gasteiger partial charge in [0, 0.05) is 39.7 Å². The molecule has 0 N–H and O–H groups in total. The number of carbonyl (C=O) groups is 1. The summed E-state index contributed by atoms with van der Waals surface area (Å²) in [5.74, 6) is 5.36. The molecule has 0 aliphatic rings. The molecule has 3 rings (SSSR count). The molecule has 0 saturated carbocycles. The Morgan fingerprint density at radius 1 is 1.04 bits per heavy atom. The number of hydrogen-bond donors (Lipinski definition) is 0. The van der Waals surface area contributed by atoms with Crippen LogP contribution < -0.4 is 0 Å². The quantitative estimate of drug-likeness (QED) is 0.575.